The van der Waals surface area contributed by atoms with Crippen LogP contribution in [0, 0.1) is 6.92 Å². The fourth-order valence-electron chi connectivity index (χ4n) is 1.57. The number of benzene rings is 1. The van der Waals surface area contributed by atoms with E-state index >= 15 is 0 Å². The summed E-state index contributed by atoms with van der Waals surface area (Å²) in [6, 6.07) is 10.3. The quantitative estimate of drug-likeness (QED) is 0.787. The first-order valence-corrected chi connectivity index (χ1v) is 5.12. The molecule has 0 saturated heterocycles. The highest BCUT2D eigenvalue weighted by atomic mass is 19.4. The molecule has 1 heterocycles. The van der Waals surface area contributed by atoms with Crippen LogP contribution in [0.5, 0.6) is 0 Å². The molecule has 17 heavy (non-hydrogen) atoms. The molecule has 0 saturated carbocycles. The number of rotatable bonds is 2. The van der Waals surface area contributed by atoms with Gasteiger partial charge in [0.25, 0.3) is 0 Å². The van der Waals surface area contributed by atoms with E-state index in [0.717, 1.165) is 11.6 Å². The Kier molecular flexibility index (Phi) is 2.92. The Morgan fingerprint density at radius 1 is 1.18 bits per heavy atom. The predicted octanol–water partition coefficient (Wildman–Crippen LogP) is 3.26. The molecule has 0 radical (unpaired) electrons. The van der Waals surface area contributed by atoms with Crippen molar-refractivity contribution in [3.05, 3.63) is 53.3 Å². The summed E-state index contributed by atoms with van der Waals surface area (Å²) in [5.74, 6) is 0. The van der Waals surface area contributed by atoms with Gasteiger partial charge in [-0.1, -0.05) is 30.3 Å². The Morgan fingerprint density at radius 2 is 1.82 bits per heavy atom. The zero-order chi connectivity index (χ0) is 12.5. The molecule has 0 N–H and O–H groups in total. The lowest BCUT2D eigenvalue weighted by Crippen LogP contribution is -2.09. The Balaban J connectivity index is 2.26. The third-order valence-electron chi connectivity index (χ3n) is 2.45. The largest absolute Gasteiger partial charge is 0.435 e. The van der Waals surface area contributed by atoms with Gasteiger partial charge >= 0.3 is 6.18 Å². The Labute approximate surface area is 96.7 Å². The van der Waals surface area contributed by atoms with Crippen molar-refractivity contribution >= 4 is 0 Å². The normalized spacial score (nSPS) is 11.8. The van der Waals surface area contributed by atoms with Gasteiger partial charge in [-0.05, 0) is 18.6 Å². The van der Waals surface area contributed by atoms with E-state index in [-0.39, 0.29) is 0 Å². The SMILES string of the molecule is Cc1cc(C(F)(F)F)nn1Cc1ccccc1. The van der Waals surface area contributed by atoms with Crippen molar-refractivity contribution in [2.24, 2.45) is 0 Å². The van der Waals surface area contributed by atoms with Crippen molar-refractivity contribution < 1.29 is 13.2 Å². The summed E-state index contributed by atoms with van der Waals surface area (Å²) in [5, 5.41) is 3.57. The minimum absolute atomic E-state index is 0.350. The van der Waals surface area contributed by atoms with Crippen LogP contribution in [0.15, 0.2) is 36.4 Å². The van der Waals surface area contributed by atoms with Gasteiger partial charge in [0.2, 0.25) is 0 Å². The molecule has 0 spiro atoms. The van der Waals surface area contributed by atoms with E-state index in [0.29, 0.717) is 12.2 Å². The summed E-state index contributed by atoms with van der Waals surface area (Å²) in [6.07, 6.45) is -4.38. The average molecular weight is 240 g/mol. The highest BCUT2D eigenvalue weighted by Crippen LogP contribution is 2.28. The molecule has 0 amide bonds. The fourth-order valence-corrected chi connectivity index (χ4v) is 1.57. The minimum Gasteiger partial charge on any atom is -0.265 e. The second kappa shape index (κ2) is 4.24. The molecule has 2 rings (SSSR count). The number of halogens is 3. The molecule has 0 fully saturated rings. The third kappa shape index (κ3) is 2.67. The van der Waals surface area contributed by atoms with Gasteiger partial charge in [0.15, 0.2) is 5.69 Å². The van der Waals surface area contributed by atoms with Crippen LogP contribution >= 0.6 is 0 Å². The first-order chi connectivity index (χ1) is 7.97. The Hall–Kier alpha value is -1.78. The molecule has 5 heteroatoms. The van der Waals surface area contributed by atoms with Gasteiger partial charge in [0, 0.05) is 5.69 Å². The summed E-state index contributed by atoms with van der Waals surface area (Å²) in [7, 11) is 0. The first kappa shape index (κ1) is 11.7. The van der Waals surface area contributed by atoms with Crippen LogP contribution in [0.25, 0.3) is 0 Å². The molecule has 0 aliphatic rings. The van der Waals surface area contributed by atoms with Gasteiger partial charge in [-0.3, -0.25) is 4.68 Å². The van der Waals surface area contributed by atoms with Crippen LogP contribution in [-0.2, 0) is 12.7 Å². The molecule has 0 aliphatic carbocycles. The Morgan fingerprint density at radius 3 is 2.35 bits per heavy atom. The van der Waals surface area contributed by atoms with E-state index in [1.165, 1.54) is 4.68 Å². The standard InChI is InChI=1S/C12H11F3N2/c1-9-7-11(12(13,14)15)16-17(9)8-10-5-3-2-4-6-10/h2-7H,8H2,1H3. The van der Waals surface area contributed by atoms with Gasteiger partial charge < -0.3 is 0 Å². The molecule has 90 valence electrons. The van der Waals surface area contributed by atoms with Crippen molar-refractivity contribution in [1.82, 2.24) is 9.78 Å². The van der Waals surface area contributed by atoms with Crippen LogP contribution in [0.2, 0.25) is 0 Å². The van der Waals surface area contributed by atoms with Crippen molar-refractivity contribution in [3.63, 3.8) is 0 Å². The smallest absolute Gasteiger partial charge is 0.265 e. The summed E-state index contributed by atoms with van der Waals surface area (Å²) >= 11 is 0. The van der Waals surface area contributed by atoms with Crippen molar-refractivity contribution in [2.75, 3.05) is 0 Å². The first-order valence-electron chi connectivity index (χ1n) is 5.12. The van der Waals surface area contributed by atoms with Crippen LogP contribution < -0.4 is 0 Å². The van der Waals surface area contributed by atoms with Gasteiger partial charge in [-0.15, -0.1) is 0 Å². The van der Waals surface area contributed by atoms with Crippen molar-refractivity contribution in [1.29, 1.82) is 0 Å². The average Bonchev–Trinajstić information content (AvgIpc) is 2.62. The van der Waals surface area contributed by atoms with Gasteiger partial charge in [0.05, 0.1) is 6.54 Å². The lowest BCUT2D eigenvalue weighted by atomic mass is 10.2. The number of hydrogen-bond acceptors (Lipinski definition) is 1. The third-order valence-corrected chi connectivity index (χ3v) is 2.45. The number of nitrogens with zero attached hydrogens (tertiary/aromatic N) is 2. The van der Waals surface area contributed by atoms with Crippen LogP contribution in [-0.4, -0.2) is 9.78 Å². The molecular weight excluding hydrogens is 229 g/mol. The number of aryl methyl sites for hydroxylation is 1. The molecule has 1 aromatic heterocycles. The highest BCUT2D eigenvalue weighted by molar-refractivity contribution is 5.17. The second-order valence-electron chi connectivity index (χ2n) is 3.81. The molecule has 0 aliphatic heterocycles. The zero-order valence-corrected chi connectivity index (χ0v) is 9.20. The maximum Gasteiger partial charge on any atom is 0.435 e. The van der Waals surface area contributed by atoms with E-state index in [2.05, 4.69) is 5.10 Å². The van der Waals surface area contributed by atoms with E-state index in [1.54, 1.807) is 6.92 Å². The van der Waals surface area contributed by atoms with Crippen LogP contribution in [0.4, 0.5) is 13.2 Å². The molecule has 0 bridgehead atoms. The predicted molar refractivity (Wildman–Crippen MR) is 57.5 cm³/mol. The molecule has 1 aromatic carbocycles. The van der Waals surface area contributed by atoms with Crippen LogP contribution in [0.3, 0.4) is 0 Å². The molecule has 0 unspecified atom stereocenters. The number of aromatic nitrogens is 2. The molecule has 0 atom stereocenters. The molecule has 2 nitrogen and oxygen atoms in total. The number of hydrogen-bond donors (Lipinski definition) is 0. The summed E-state index contributed by atoms with van der Waals surface area (Å²) in [5.41, 5.74) is 0.583. The van der Waals surface area contributed by atoms with E-state index in [9.17, 15) is 13.2 Å². The molecule has 2 aromatic rings. The topological polar surface area (TPSA) is 17.8 Å². The van der Waals surface area contributed by atoms with Gasteiger partial charge in [-0.25, -0.2) is 0 Å². The second-order valence-corrected chi connectivity index (χ2v) is 3.81. The number of alkyl halides is 3. The van der Waals surface area contributed by atoms with E-state index in [1.807, 2.05) is 30.3 Å². The monoisotopic (exact) mass is 240 g/mol. The van der Waals surface area contributed by atoms with Crippen molar-refractivity contribution in [2.45, 2.75) is 19.6 Å². The fraction of sp³-hybridized carbons (Fsp3) is 0.250. The summed E-state index contributed by atoms with van der Waals surface area (Å²) < 4.78 is 38.7. The highest BCUT2D eigenvalue weighted by Gasteiger charge is 2.34. The lowest BCUT2D eigenvalue weighted by molar-refractivity contribution is -0.141. The lowest BCUT2D eigenvalue weighted by Gasteiger charge is -2.04. The minimum atomic E-state index is -4.38. The van der Waals surface area contributed by atoms with E-state index in [4.69, 9.17) is 0 Å². The van der Waals surface area contributed by atoms with E-state index < -0.39 is 11.9 Å². The van der Waals surface area contributed by atoms with Crippen LogP contribution in [0.1, 0.15) is 17.0 Å². The van der Waals surface area contributed by atoms with Gasteiger partial charge in [0.1, 0.15) is 0 Å². The molecular formula is C12H11F3N2. The van der Waals surface area contributed by atoms with Gasteiger partial charge in [-0.2, -0.15) is 18.3 Å². The van der Waals surface area contributed by atoms with Crippen molar-refractivity contribution in [3.8, 4) is 0 Å². The summed E-state index contributed by atoms with van der Waals surface area (Å²) in [6.45, 7) is 1.97. The zero-order valence-electron chi connectivity index (χ0n) is 9.20. The maximum absolute atomic E-state index is 12.4. The summed E-state index contributed by atoms with van der Waals surface area (Å²) in [4.78, 5) is 0. The maximum atomic E-state index is 12.4. The Bertz CT molecular complexity index is 500.